The van der Waals surface area contributed by atoms with Crippen molar-refractivity contribution < 1.29 is 0 Å². The molecule has 1 aliphatic heterocycles. The summed E-state index contributed by atoms with van der Waals surface area (Å²) in [6.45, 7) is 3.88. The zero-order chi connectivity index (χ0) is 20.8. The fourth-order valence-electron chi connectivity index (χ4n) is 4.86. The Labute approximate surface area is 181 Å². The molecule has 1 aromatic heterocycles. The van der Waals surface area contributed by atoms with Crippen molar-refractivity contribution in [2.24, 2.45) is 5.73 Å². The average molecular weight is 408 g/mol. The predicted octanol–water partition coefficient (Wildman–Crippen LogP) is 4.26. The van der Waals surface area contributed by atoms with E-state index >= 15 is 0 Å². The lowest BCUT2D eigenvalue weighted by Gasteiger charge is -2.27. The standard InChI is InChI=1S/C25H37N5/c1-29(18-20-12-6-4-7-13-20)19-22(26)24-27-23-15-9-5-8-14-21(23)25(28-24)30-16-10-2-3-11-17-30/h4,6-7,12-13,22H,2-3,5,8-11,14-19,26H2,1H3. The summed E-state index contributed by atoms with van der Waals surface area (Å²) in [6.07, 6.45) is 11.1. The maximum Gasteiger partial charge on any atom is 0.149 e. The van der Waals surface area contributed by atoms with Crippen LogP contribution in [-0.2, 0) is 19.4 Å². The molecular formula is C25H37N5. The van der Waals surface area contributed by atoms with Gasteiger partial charge in [-0.1, -0.05) is 49.6 Å². The first kappa shape index (κ1) is 21.3. The summed E-state index contributed by atoms with van der Waals surface area (Å²) >= 11 is 0. The van der Waals surface area contributed by atoms with Crippen molar-refractivity contribution in [3.05, 3.63) is 53.0 Å². The summed E-state index contributed by atoms with van der Waals surface area (Å²) in [7, 11) is 2.13. The van der Waals surface area contributed by atoms with Crippen molar-refractivity contribution in [3.8, 4) is 0 Å². The van der Waals surface area contributed by atoms with Crippen LogP contribution in [0.2, 0.25) is 0 Å². The maximum absolute atomic E-state index is 6.67. The van der Waals surface area contributed by atoms with Crippen molar-refractivity contribution >= 4 is 5.82 Å². The van der Waals surface area contributed by atoms with Crippen molar-refractivity contribution in [2.75, 3.05) is 31.6 Å². The predicted molar refractivity (Wildman–Crippen MR) is 124 cm³/mol. The van der Waals surface area contributed by atoms with Gasteiger partial charge in [0.1, 0.15) is 11.6 Å². The molecular weight excluding hydrogens is 370 g/mol. The van der Waals surface area contributed by atoms with Crippen molar-refractivity contribution in [1.82, 2.24) is 14.9 Å². The summed E-state index contributed by atoms with van der Waals surface area (Å²) < 4.78 is 0. The molecule has 30 heavy (non-hydrogen) atoms. The van der Waals surface area contributed by atoms with E-state index in [4.69, 9.17) is 15.7 Å². The molecule has 1 aliphatic carbocycles. The minimum atomic E-state index is -0.169. The van der Waals surface area contributed by atoms with Crippen LogP contribution >= 0.6 is 0 Å². The van der Waals surface area contributed by atoms with E-state index in [0.29, 0.717) is 0 Å². The monoisotopic (exact) mass is 407 g/mol. The zero-order valence-electron chi connectivity index (χ0n) is 18.5. The highest BCUT2D eigenvalue weighted by molar-refractivity contribution is 5.50. The van der Waals surface area contributed by atoms with E-state index in [0.717, 1.165) is 44.8 Å². The highest BCUT2D eigenvalue weighted by atomic mass is 15.2. The molecule has 1 atom stereocenters. The van der Waals surface area contributed by atoms with Gasteiger partial charge in [-0.3, -0.25) is 0 Å². The second-order valence-electron chi connectivity index (χ2n) is 9.08. The third-order valence-corrected chi connectivity index (χ3v) is 6.47. The minimum Gasteiger partial charge on any atom is -0.356 e. The number of rotatable bonds is 6. The van der Waals surface area contributed by atoms with E-state index in [1.807, 2.05) is 0 Å². The number of nitrogens with two attached hydrogens (primary N) is 1. The van der Waals surface area contributed by atoms with Gasteiger partial charge in [0.25, 0.3) is 0 Å². The zero-order valence-corrected chi connectivity index (χ0v) is 18.5. The number of nitrogens with zero attached hydrogens (tertiary/aromatic N) is 4. The molecule has 0 saturated carbocycles. The van der Waals surface area contributed by atoms with Crippen LogP contribution in [-0.4, -0.2) is 41.5 Å². The molecule has 162 valence electrons. The third-order valence-electron chi connectivity index (χ3n) is 6.47. The van der Waals surface area contributed by atoms with Crippen LogP contribution in [0, 0.1) is 0 Å². The lowest BCUT2D eigenvalue weighted by Crippen LogP contribution is -2.32. The summed E-state index contributed by atoms with van der Waals surface area (Å²) in [5.41, 5.74) is 10.6. The molecule has 1 fully saturated rings. The van der Waals surface area contributed by atoms with E-state index in [-0.39, 0.29) is 6.04 Å². The molecule has 0 spiro atoms. The molecule has 1 saturated heterocycles. The van der Waals surface area contributed by atoms with Crippen LogP contribution in [0.5, 0.6) is 0 Å². The summed E-state index contributed by atoms with van der Waals surface area (Å²) in [5, 5.41) is 0. The highest BCUT2D eigenvalue weighted by Gasteiger charge is 2.24. The fourth-order valence-corrected chi connectivity index (χ4v) is 4.86. The summed E-state index contributed by atoms with van der Waals surface area (Å²) in [6, 6.07) is 10.4. The molecule has 2 N–H and O–H groups in total. The van der Waals surface area contributed by atoms with E-state index in [1.165, 1.54) is 67.6 Å². The van der Waals surface area contributed by atoms with Crippen LogP contribution < -0.4 is 10.6 Å². The van der Waals surface area contributed by atoms with E-state index in [1.54, 1.807) is 0 Å². The lowest BCUT2D eigenvalue weighted by molar-refractivity contribution is 0.301. The number of hydrogen-bond donors (Lipinski definition) is 1. The molecule has 2 aromatic rings. The van der Waals surface area contributed by atoms with Gasteiger partial charge in [-0.05, 0) is 51.1 Å². The van der Waals surface area contributed by atoms with Gasteiger partial charge in [-0.25, -0.2) is 9.97 Å². The van der Waals surface area contributed by atoms with Gasteiger partial charge in [0.05, 0.1) is 6.04 Å². The largest absolute Gasteiger partial charge is 0.356 e. The number of likely N-dealkylation sites (N-methyl/N-ethyl adjacent to an activating group) is 1. The number of fused-ring (bicyclic) bond motifs is 1. The summed E-state index contributed by atoms with van der Waals surface area (Å²) in [5.74, 6) is 2.02. The van der Waals surface area contributed by atoms with E-state index in [2.05, 4.69) is 47.2 Å². The molecule has 5 nitrogen and oxygen atoms in total. The van der Waals surface area contributed by atoms with Gasteiger partial charge in [-0.15, -0.1) is 0 Å². The number of benzene rings is 1. The van der Waals surface area contributed by atoms with Crippen molar-refractivity contribution in [1.29, 1.82) is 0 Å². The molecule has 0 amide bonds. The van der Waals surface area contributed by atoms with Crippen LogP contribution in [0.4, 0.5) is 5.82 Å². The Hall–Kier alpha value is -1.98. The average Bonchev–Trinajstić information content (AvgIpc) is 3.16. The molecule has 4 rings (SSSR count). The van der Waals surface area contributed by atoms with Crippen LogP contribution in [0.15, 0.2) is 30.3 Å². The van der Waals surface area contributed by atoms with Gasteiger partial charge in [0.2, 0.25) is 0 Å². The van der Waals surface area contributed by atoms with Crippen LogP contribution in [0.25, 0.3) is 0 Å². The van der Waals surface area contributed by atoms with E-state index < -0.39 is 0 Å². The maximum atomic E-state index is 6.67. The Morgan fingerprint density at radius 3 is 2.40 bits per heavy atom. The molecule has 2 heterocycles. The first-order valence-electron chi connectivity index (χ1n) is 11.8. The normalized spacial score (nSPS) is 18.6. The van der Waals surface area contributed by atoms with Crippen LogP contribution in [0.3, 0.4) is 0 Å². The van der Waals surface area contributed by atoms with Gasteiger partial charge in [0, 0.05) is 37.4 Å². The molecule has 1 aromatic carbocycles. The Kier molecular flexibility index (Phi) is 7.34. The van der Waals surface area contributed by atoms with Crippen molar-refractivity contribution in [2.45, 2.75) is 70.4 Å². The Morgan fingerprint density at radius 2 is 1.63 bits per heavy atom. The third kappa shape index (κ3) is 5.38. The Morgan fingerprint density at radius 1 is 0.933 bits per heavy atom. The first-order valence-corrected chi connectivity index (χ1v) is 11.8. The quantitative estimate of drug-likeness (QED) is 0.725. The molecule has 0 radical (unpaired) electrons. The second kappa shape index (κ2) is 10.4. The van der Waals surface area contributed by atoms with Gasteiger partial charge in [0.15, 0.2) is 0 Å². The number of aromatic nitrogens is 2. The van der Waals surface area contributed by atoms with Gasteiger partial charge >= 0.3 is 0 Å². The first-order chi connectivity index (χ1) is 14.7. The lowest BCUT2D eigenvalue weighted by atomic mass is 10.1. The second-order valence-corrected chi connectivity index (χ2v) is 9.08. The fraction of sp³-hybridized carbons (Fsp3) is 0.600. The minimum absolute atomic E-state index is 0.169. The smallest absolute Gasteiger partial charge is 0.149 e. The Bertz CT molecular complexity index is 799. The molecule has 0 bridgehead atoms. The van der Waals surface area contributed by atoms with E-state index in [9.17, 15) is 0 Å². The molecule has 5 heteroatoms. The number of anilines is 1. The van der Waals surface area contributed by atoms with Gasteiger partial charge < -0.3 is 15.5 Å². The number of hydrogen-bond acceptors (Lipinski definition) is 5. The van der Waals surface area contributed by atoms with Crippen molar-refractivity contribution in [3.63, 3.8) is 0 Å². The van der Waals surface area contributed by atoms with Crippen LogP contribution in [0.1, 0.15) is 73.6 Å². The Balaban J connectivity index is 1.55. The molecule has 2 aliphatic rings. The summed E-state index contributed by atoms with van der Waals surface area (Å²) in [4.78, 5) is 14.9. The van der Waals surface area contributed by atoms with Gasteiger partial charge in [-0.2, -0.15) is 0 Å². The number of aryl methyl sites for hydroxylation is 1. The SMILES string of the molecule is CN(Cc1ccccc1)CC(N)c1nc2c(c(N3CCCCCC3)n1)CCCCC2. The topological polar surface area (TPSA) is 58.3 Å². The molecule has 1 unspecified atom stereocenters. The highest BCUT2D eigenvalue weighted by Crippen LogP contribution is 2.30.